The van der Waals surface area contributed by atoms with Crippen LogP contribution in [-0.2, 0) is 4.79 Å². The highest BCUT2D eigenvalue weighted by Gasteiger charge is 2.68. The molecule has 1 amide bonds. The molecular formula is C16H25N3OS. The van der Waals surface area contributed by atoms with Crippen LogP contribution in [0.1, 0.15) is 51.3 Å². The molecule has 1 aliphatic heterocycles. The van der Waals surface area contributed by atoms with Crippen LogP contribution in [0.4, 0.5) is 5.13 Å². The molecule has 1 aliphatic carbocycles. The molecule has 0 aromatic carbocycles. The summed E-state index contributed by atoms with van der Waals surface area (Å²) in [6.07, 6.45) is 4.27. The third kappa shape index (κ3) is 2.50. The lowest BCUT2D eigenvalue weighted by molar-refractivity contribution is -0.118. The summed E-state index contributed by atoms with van der Waals surface area (Å²) in [6, 6.07) is 0. The number of hydrogen-bond acceptors (Lipinski definition) is 4. The number of piperidine rings is 1. The largest absolute Gasteiger partial charge is 0.317 e. The van der Waals surface area contributed by atoms with Crippen molar-refractivity contribution < 1.29 is 4.79 Å². The summed E-state index contributed by atoms with van der Waals surface area (Å²) in [6.45, 7) is 10.8. The van der Waals surface area contributed by atoms with Gasteiger partial charge in [-0.2, -0.15) is 0 Å². The second kappa shape index (κ2) is 5.06. The van der Waals surface area contributed by atoms with Crippen LogP contribution in [0.15, 0.2) is 6.20 Å². The van der Waals surface area contributed by atoms with Crippen molar-refractivity contribution in [2.45, 2.75) is 46.5 Å². The monoisotopic (exact) mass is 307 g/mol. The fourth-order valence-electron chi connectivity index (χ4n) is 3.67. The smallest absolute Gasteiger partial charge is 0.230 e. The quantitative estimate of drug-likeness (QED) is 0.901. The number of amides is 1. The Hall–Kier alpha value is -0.940. The van der Waals surface area contributed by atoms with Crippen molar-refractivity contribution in [2.75, 3.05) is 18.4 Å². The molecule has 21 heavy (non-hydrogen) atoms. The van der Waals surface area contributed by atoms with Crippen LogP contribution >= 0.6 is 11.3 Å². The first kappa shape index (κ1) is 15.0. The van der Waals surface area contributed by atoms with Gasteiger partial charge in [-0.1, -0.05) is 27.7 Å². The number of carbonyl (C=O) groups excluding carboxylic acids is 1. The predicted molar refractivity (Wildman–Crippen MR) is 86.6 cm³/mol. The topological polar surface area (TPSA) is 54.0 Å². The minimum absolute atomic E-state index is 0.0756. The van der Waals surface area contributed by atoms with E-state index in [1.807, 2.05) is 6.20 Å². The van der Waals surface area contributed by atoms with Crippen molar-refractivity contribution in [1.29, 1.82) is 0 Å². The maximum Gasteiger partial charge on any atom is 0.230 e. The van der Waals surface area contributed by atoms with E-state index >= 15 is 0 Å². The molecule has 5 heteroatoms. The molecule has 4 nitrogen and oxygen atoms in total. The molecule has 1 aromatic heterocycles. The van der Waals surface area contributed by atoms with Crippen LogP contribution in [0.25, 0.3) is 0 Å². The van der Waals surface area contributed by atoms with E-state index in [1.165, 1.54) is 4.88 Å². The Kier molecular flexibility index (Phi) is 3.61. The normalized spacial score (nSPS) is 24.8. The summed E-state index contributed by atoms with van der Waals surface area (Å²) in [5, 5.41) is 7.16. The van der Waals surface area contributed by atoms with Gasteiger partial charge in [0.1, 0.15) is 0 Å². The lowest BCUT2D eigenvalue weighted by Crippen LogP contribution is -2.26. The van der Waals surface area contributed by atoms with Crippen LogP contribution in [0.5, 0.6) is 0 Å². The number of aromatic nitrogens is 1. The zero-order valence-corrected chi connectivity index (χ0v) is 14.1. The molecule has 0 atom stereocenters. The third-order valence-corrected chi connectivity index (χ3v) is 6.85. The van der Waals surface area contributed by atoms with E-state index in [1.54, 1.807) is 11.3 Å². The molecule has 1 saturated carbocycles. The Morgan fingerprint density at radius 1 is 1.29 bits per heavy atom. The number of nitrogens with one attached hydrogen (secondary N) is 2. The summed E-state index contributed by atoms with van der Waals surface area (Å²) in [4.78, 5) is 18.1. The summed E-state index contributed by atoms with van der Waals surface area (Å²) < 4.78 is 0. The van der Waals surface area contributed by atoms with Gasteiger partial charge in [0, 0.05) is 17.0 Å². The van der Waals surface area contributed by atoms with E-state index < -0.39 is 0 Å². The molecule has 3 rings (SSSR count). The van der Waals surface area contributed by atoms with E-state index in [4.69, 9.17) is 0 Å². The summed E-state index contributed by atoms with van der Waals surface area (Å²) >= 11 is 1.64. The van der Waals surface area contributed by atoms with Crippen molar-refractivity contribution >= 4 is 22.4 Å². The second-order valence-corrected chi connectivity index (χ2v) is 8.52. The SMILES string of the molecule is CC1(C)C(C(=O)Nc2ncc(C3CCNCC3)s2)C1(C)C. The highest BCUT2D eigenvalue weighted by Crippen LogP contribution is 2.68. The van der Waals surface area contributed by atoms with Gasteiger partial charge in [0.05, 0.1) is 0 Å². The molecule has 0 radical (unpaired) electrons. The molecule has 0 unspecified atom stereocenters. The summed E-state index contributed by atoms with van der Waals surface area (Å²) in [5.74, 6) is 0.802. The highest BCUT2D eigenvalue weighted by atomic mass is 32.1. The van der Waals surface area contributed by atoms with Gasteiger partial charge in [0.25, 0.3) is 0 Å². The number of nitrogens with zero attached hydrogens (tertiary/aromatic N) is 1. The van der Waals surface area contributed by atoms with E-state index in [0.29, 0.717) is 5.92 Å². The first-order valence-electron chi connectivity index (χ1n) is 7.81. The van der Waals surface area contributed by atoms with Gasteiger partial charge in [-0.3, -0.25) is 4.79 Å². The predicted octanol–water partition coefficient (Wildman–Crippen LogP) is 3.23. The molecule has 0 bridgehead atoms. The maximum absolute atomic E-state index is 12.4. The number of hydrogen-bond donors (Lipinski definition) is 2. The van der Waals surface area contributed by atoms with Crippen LogP contribution < -0.4 is 10.6 Å². The average Bonchev–Trinajstić information content (AvgIpc) is 2.77. The fraction of sp³-hybridized carbons (Fsp3) is 0.750. The Labute approximate surface area is 130 Å². The van der Waals surface area contributed by atoms with Crippen LogP contribution in [0.3, 0.4) is 0 Å². The number of anilines is 1. The first-order valence-corrected chi connectivity index (χ1v) is 8.63. The van der Waals surface area contributed by atoms with Gasteiger partial charge in [0.15, 0.2) is 5.13 Å². The molecule has 2 fully saturated rings. The second-order valence-electron chi connectivity index (χ2n) is 7.46. The van der Waals surface area contributed by atoms with Crippen LogP contribution in [0.2, 0.25) is 0 Å². The molecular weight excluding hydrogens is 282 g/mol. The van der Waals surface area contributed by atoms with Crippen molar-refractivity contribution in [2.24, 2.45) is 16.7 Å². The standard InChI is InChI=1S/C16H25N3OS/c1-15(2)12(16(15,3)4)13(20)19-14-18-9-11(21-14)10-5-7-17-8-6-10/h9-10,12,17H,5-8H2,1-4H3,(H,18,19,20). The molecule has 116 valence electrons. The van der Waals surface area contributed by atoms with Crippen LogP contribution in [-0.4, -0.2) is 24.0 Å². The van der Waals surface area contributed by atoms with Gasteiger partial charge in [-0.15, -0.1) is 11.3 Å². The Morgan fingerprint density at radius 2 is 1.90 bits per heavy atom. The van der Waals surface area contributed by atoms with Gasteiger partial charge < -0.3 is 10.6 Å². The Bertz CT molecular complexity index is 529. The summed E-state index contributed by atoms with van der Waals surface area (Å²) in [7, 11) is 0. The van der Waals surface area contributed by atoms with Gasteiger partial charge in [-0.25, -0.2) is 4.98 Å². The van der Waals surface area contributed by atoms with E-state index in [2.05, 4.69) is 43.3 Å². The van der Waals surface area contributed by atoms with Crippen LogP contribution in [0, 0.1) is 16.7 Å². The molecule has 1 aromatic rings. The first-order chi connectivity index (χ1) is 9.84. The zero-order chi connectivity index (χ0) is 15.3. The third-order valence-electron chi connectivity index (χ3n) is 5.78. The van der Waals surface area contributed by atoms with E-state index in [9.17, 15) is 4.79 Å². The number of rotatable bonds is 3. The van der Waals surface area contributed by atoms with Crippen molar-refractivity contribution in [1.82, 2.24) is 10.3 Å². The molecule has 0 spiro atoms. The molecule has 2 aliphatic rings. The van der Waals surface area contributed by atoms with E-state index in [0.717, 1.165) is 31.1 Å². The van der Waals surface area contributed by atoms with Gasteiger partial charge in [-0.05, 0) is 42.7 Å². The Morgan fingerprint density at radius 3 is 2.48 bits per heavy atom. The minimum atomic E-state index is 0.0756. The average molecular weight is 307 g/mol. The minimum Gasteiger partial charge on any atom is -0.317 e. The number of thiazole rings is 1. The highest BCUT2D eigenvalue weighted by molar-refractivity contribution is 7.15. The van der Waals surface area contributed by atoms with Crippen molar-refractivity contribution in [3.8, 4) is 0 Å². The Balaban J connectivity index is 1.64. The van der Waals surface area contributed by atoms with Gasteiger partial charge in [0.2, 0.25) is 5.91 Å². The molecule has 2 heterocycles. The maximum atomic E-state index is 12.4. The lowest BCUT2D eigenvalue weighted by Gasteiger charge is -2.20. The van der Waals surface area contributed by atoms with Gasteiger partial charge >= 0.3 is 0 Å². The molecule has 2 N–H and O–H groups in total. The lowest BCUT2D eigenvalue weighted by atomic mass is 9.97. The van der Waals surface area contributed by atoms with E-state index in [-0.39, 0.29) is 22.7 Å². The zero-order valence-electron chi connectivity index (χ0n) is 13.3. The number of carbonyl (C=O) groups is 1. The van der Waals surface area contributed by atoms with Crippen molar-refractivity contribution in [3.63, 3.8) is 0 Å². The summed E-state index contributed by atoms with van der Waals surface area (Å²) in [5.41, 5.74) is 0.151. The van der Waals surface area contributed by atoms with Crippen molar-refractivity contribution in [3.05, 3.63) is 11.1 Å². The molecule has 1 saturated heterocycles. The fourth-order valence-corrected chi connectivity index (χ4v) is 4.66.